The summed E-state index contributed by atoms with van der Waals surface area (Å²) in [6.45, 7) is 4.71. The molecule has 0 bridgehead atoms. The monoisotopic (exact) mass is 654 g/mol. The van der Waals surface area contributed by atoms with Crippen LogP contribution in [-0.4, -0.2) is 21.1 Å². The summed E-state index contributed by atoms with van der Waals surface area (Å²) in [5.41, 5.74) is 5.21. The minimum absolute atomic E-state index is 0.167. The molecule has 0 saturated heterocycles. The number of hydrogen-bond acceptors (Lipinski definition) is 4. The van der Waals surface area contributed by atoms with Crippen molar-refractivity contribution >= 4 is 106 Å². The van der Waals surface area contributed by atoms with E-state index in [2.05, 4.69) is 57.2 Å². The van der Waals surface area contributed by atoms with Crippen molar-refractivity contribution in [2.24, 2.45) is 0 Å². The molecule has 3 unspecified atom stereocenters. The predicted molar refractivity (Wildman–Crippen MR) is 169 cm³/mol. The number of carbonyl (C=O) groups excluding carboxylic acids is 2. The van der Waals surface area contributed by atoms with E-state index < -0.39 is 0 Å². The highest BCUT2D eigenvalue weighted by Gasteiger charge is 2.34. The maximum absolute atomic E-state index is 13.3. The van der Waals surface area contributed by atoms with E-state index in [0.29, 0.717) is 40.5 Å². The number of Topliss-reactive ketones (excluding diaryl/α,β-unsaturated/α-hetero) is 2. The Labute approximate surface area is 234 Å². The summed E-state index contributed by atoms with van der Waals surface area (Å²) in [5, 5.41) is 5.05. The van der Waals surface area contributed by atoms with Gasteiger partial charge >= 0.3 is 0 Å². The highest BCUT2D eigenvalue weighted by atomic mass is 127. The first-order chi connectivity index (χ1) is 17.7. The van der Waals surface area contributed by atoms with Crippen LogP contribution in [0.5, 0.6) is 0 Å². The van der Waals surface area contributed by atoms with Crippen LogP contribution in [0.15, 0.2) is 52.5 Å². The van der Waals surface area contributed by atoms with Crippen molar-refractivity contribution in [2.45, 2.75) is 20.4 Å². The number of aromatic nitrogens is 2. The first-order valence-corrected chi connectivity index (χ1v) is 14.5. The normalized spacial score (nSPS) is 13.3. The summed E-state index contributed by atoms with van der Waals surface area (Å²) in [6.07, 6.45) is 1.67. The second kappa shape index (κ2) is 9.20. The van der Waals surface area contributed by atoms with Crippen molar-refractivity contribution < 1.29 is 14.0 Å². The van der Waals surface area contributed by atoms with Gasteiger partial charge < -0.3 is 8.98 Å². The van der Waals surface area contributed by atoms with Gasteiger partial charge in [-0.1, -0.05) is 24.3 Å². The molecule has 0 N–H and O–H groups in total. The van der Waals surface area contributed by atoms with E-state index >= 15 is 0 Å². The van der Waals surface area contributed by atoms with Crippen LogP contribution in [0.1, 0.15) is 38.9 Å². The third kappa shape index (κ3) is 3.80. The Bertz CT molecular complexity index is 1780. The molecule has 0 saturated carbocycles. The third-order valence-corrected chi connectivity index (χ3v) is 11.2. The van der Waals surface area contributed by atoms with Gasteiger partial charge in [-0.15, -0.1) is 27.7 Å². The first kappa shape index (κ1) is 25.1. The number of hydrogen-bond donors (Lipinski definition) is 0. The van der Waals surface area contributed by atoms with E-state index in [4.69, 9.17) is 9.40 Å². The van der Waals surface area contributed by atoms with Gasteiger partial charge in [0.05, 0.1) is 11.1 Å². The smallest absolute Gasteiger partial charge is 0.230 e. The van der Waals surface area contributed by atoms with E-state index in [1.807, 2.05) is 54.0 Å². The summed E-state index contributed by atoms with van der Waals surface area (Å²) in [5.74, 6) is 0.0416. The van der Waals surface area contributed by atoms with E-state index in [-0.39, 0.29) is 17.1 Å². The van der Waals surface area contributed by atoms with E-state index in [1.165, 1.54) is 5.56 Å². The van der Waals surface area contributed by atoms with Crippen LogP contribution >= 0.6 is 50.3 Å². The van der Waals surface area contributed by atoms with Gasteiger partial charge in [0.25, 0.3) is 0 Å². The fourth-order valence-electron chi connectivity index (χ4n) is 4.94. The molecule has 2 heterocycles. The topological polar surface area (TPSA) is 65.1 Å². The summed E-state index contributed by atoms with van der Waals surface area (Å²) >= 11 is 2.35. The number of ketones is 2. The lowest BCUT2D eigenvalue weighted by Crippen LogP contribution is -2.26. The maximum atomic E-state index is 13.3. The Morgan fingerprint density at radius 1 is 0.973 bits per heavy atom. The third-order valence-electron chi connectivity index (χ3n) is 6.97. The number of halogens is 1. The highest BCUT2D eigenvalue weighted by molar-refractivity contribution is 14.1. The van der Waals surface area contributed by atoms with E-state index in [0.717, 1.165) is 35.8 Å². The van der Waals surface area contributed by atoms with Crippen LogP contribution in [0.3, 0.4) is 0 Å². The lowest BCUT2D eigenvalue weighted by Gasteiger charge is -2.14. The zero-order valence-corrected chi connectivity index (χ0v) is 25.7. The molecule has 2 aromatic heterocycles. The number of fused-ring (bicyclic) bond motifs is 3. The standard InChI is InChI=1S/C28H22IN2O3P3/c1-3-31-15(10-18-22(32)16-8-13-6-4-5-7-14(13)9-17(16)23(18)33)11-19-27(31)30-28(34-19)20-25(36)21(29)12(2)24(35)26(20)37/h4-11H,3,35-37H2,1-2H3. The molecule has 184 valence electrons. The molecule has 3 aromatic carbocycles. The molecule has 5 nitrogen and oxygen atoms in total. The van der Waals surface area contributed by atoms with Crippen LogP contribution < -0.4 is 15.9 Å². The average Bonchev–Trinajstić information content (AvgIpc) is 3.51. The Kier molecular flexibility index (Phi) is 6.24. The Morgan fingerprint density at radius 3 is 2.19 bits per heavy atom. The Hall–Kier alpha value is -2.23. The van der Waals surface area contributed by atoms with Crippen LogP contribution in [0, 0.1) is 10.5 Å². The molecule has 9 heteroatoms. The van der Waals surface area contributed by atoms with Crippen molar-refractivity contribution in [3.05, 3.63) is 74.0 Å². The van der Waals surface area contributed by atoms with Crippen molar-refractivity contribution in [1.82, 2.24) is 9.55 Å². The second-order valence-corrected chi connectivity index (χ2v) is 11.8. The van der Waals surface area contributed by atoms with Gasteiger partial charge in [0.15, 0.2) is 22.8 Å². The number of aryl methyl sites for hydroxylation is 1. The summed E-state index contributed by atoms with van der Waals surface area (Å²) in [4.78, 5) is 31.4. The van der Waals surface area contributed by atoms with E-state index in [9.17, 15) is 9.59 Å². The van der Waals surface area contributed by atoms with Crippen molar-refractivity contribution in [1.29, 1.82) is 0 Å². The molecular weight excluding hydrogens is 632 g/mol. The van der Waals surface area contributed by atoms with Crippen molar-refractivity contribution in [2.75, 3.05) is 0 Å². The number of benzene rings is 3. The van der Waals surface area contributed by atoms with Gasteiger partial charge in [-0.2, -0.15) is 4.98 Å². The predicted octanol–water partition coefficient (Wildman–Crippen LogP) is 5.35. The number of nitrogens with zero attached hydrogens (tertiary/aromatic N) is 2. The van der Waals surface area contributed by atoms with Gasteiger partial charge in [0.1, 0.15) is 0 Å². The zero-order valence-electron chi connectivity index (χ0n) is 20.1. The number of rotatable bonds is 3. The second-order valence-electron chi connectivity index (χ2n) is 9.04. The minimum Gasteiger partial charge on any atom is -0.434 e. The molecule has 0 fully saturated rings. The molecule has 1 aliphatic rings. The van der Waals surface area contributed by atoms with Gasteiger partial charge in [-0.3, -0.25) is 9.59 Å². The number of oxazole rings is 1. The summed E-state index contributed by atoms with van der Waals surface area (Å²) in [7, 11) is 8.43. The molecule has 0 amide bonds. The molecule has 3 atom stereocenters. The average molecular weight is 654 g/mol. The van der Waals surface area contributed by atoms with E-state index in [1.54, 1.807) is 6.08 Å². The van der Waals surface area contributed by atoms with Crippen LogP contribution in [-0.2, 0) is 6.54 Å². The minimum atomic E-state index is -0.248. The molecule has 5 aromatic rings. The quantitative estimate of drug-likeness (QED) is 0.114. The van der Waals surface area contributed by atoms with Gasteiger partial charge in [0.2, 0.25) is 5.89 Å². The molecular formula is C28H22IN2O3P3. The van der Waals surface area contributed by atoms with Gasteiger partial charge in [-0.05, 0) is 86.9 Å². The summed E-state index contributed by atoms with van der Waals surface area (Å²) in [6, 6.07) is 13.2. The molecule has 0 aliphatic heterocycles. The molecule has 0 spiro atoms. The molecule has 0 radical (unpaired) electrons. The van der Waals surface area contributed by atoms with Crippen molar-refractivity contribution in [3.63, 3.8) is 0 Å². The largest absolute Gasteiger partial charge is 0.434 e. The van der Waals surface area contributed by atoms with Crippen LogP contribution in [0.25, 0.3) is 39.5 Å². The van der Waals surface area contributed by atoms with Crippen LogP contribution in [0.4, 0.5) is 0 Å². The maximum Gasteiger partial charge on any atom is 0.230 e. The number of carbonyl (C=O) groups is 2. The fourth-order valence-corrected chi connectivity index (χ4v) is 7.24. The fraction of sp³-hybridized carbons (Fsp3) is 0.107. The Balaban J connectivity index is 1.46. The van der Waals surface area contributed by atoms with Gasteiger partial charge in [0, 0.05) is 33.0 Å². The first-order valence-electron chi connectivity index (χ1n) is 11.7. The lowest BCUT2D eigenvalue weighted by molar-refractivity contribution is 0.0990. The van der Waals surface area contributed by atoms with Gasteiger partial charge in [-0.25, -0.2) is 0 Å². The zero-order chi connectivity index (χ0) is 26.2. The molecule has 6 rings (SSSR count). The Morgan fingerprint density at radius 2 is 1.59 bits per heavy atom. The summed E-state index contributed by atoms with van der Waals surface area (Å²) < 4.78 is 9.37. The van der Waals surface area contributed by atoms with Crippen molar-refractivity contribution in [3.8, 4) is 11.5 Å². The number of allylic oxidation sites excluding steroid dienone is 1. The molecule has 37 heavy (non-hydrogen) atoms. The van der Waals surface area contributed by atoms with Crippen LogP contribution in [0.2, 0.25) is 0 Å². The SMILES string of the molecule is CCn1c(C=C2C(=O)c3cc4ccccc4cc3C2=O)cc2oc(-c3c(P)c(P)c(C)c(I)c3P)nc21. The lowest BCUT2D eigenvalue weighted by atomic mass is 10.0. The highest BCUT2D eigenvalue weighted by Crippen LogP contribution is 2.34. The molecule has 1 aliphatic carbocycles.